The minimum Gasteiger partial charge on any atom is -0.388 e. The molecule has 0 aliphatic carbocycles. The van der Waals surface area contributed by atoms with Crippen LogP contribution in [0.25, 0.3) is 0 Å². The Labute approximate surface area is 128 Å². The molecule has 1 aromatic carbocycles. The molecule has 0 aliphatic heterocycles. The maximum atomic E-state index is 12.4. The third-order valence-electron chi connectivity index (χ3n) is 3.56. The largest absolute Gasteiger partial charge is 0.388 e. The minimum atomic E-state index is -0.971. The molecule has 0 aromatic heterocycles. The van der Waals surface area contributed by atoms with Gasteiger partial charge >= 0.3 is 0 Å². The van der Waals surface area contributed by atoms with Gasteiger partial charge < -0.3 is 10.0 Å². The second-order valence-electron chi connectivity index (χ2n) is 6.62. The first-order valence-corrected chi connectivity index (χ1v) is 7.39. The number of hydrogen-bond donors (Lipinski definition) is 2. The predicted octanol–water partition coefficient (Wildman–Crippen LogP) is 2.20. The molecule has 0 unspecified atom stereocenters. The summed E-state index contributed by atoms with van der Waals surface area (Å²) in [6.45, 7) is 7.53. The molecule has 1 amide bonds. The first-order chi connectivity index (χ1) is 9.64. The van der Waals surface area contributed by atoms with Gasteiger partial charge in [0.1, 0.15) is 0 Å². The molecule has 0 aliphatic rings. The predicted molar refractivity (Wildman–Crippen MR) is 85.9 cm³/mol. The van der Waals surface area contributed by atoms with E-state index >= 15 is 0 Å². The second-order valence-corrected chi connectivity index (χ2v) is 6.62. The summed E-state index contributed by atoms with van der Waals surface area (Å²) in [6, 6.07) is 9.10. The van der Waals surface area contributed by atoms with Gasteiger partial charge in [0.05, 0.1) is 17.7 Å². The van der Waals surface area contributed by atoms with E-state index in [-0.39, 0.29) is 23.9 Å². The summed E-state index contributed by atoms with van der Waals surface area (Å²) in [5, 5.41) is 13.8. The van der Waals surface area contributed by atoms with Crippen LogP contribution in [-0.2, 0) is 4.79 Å². The lowest BCUT2D eigenvalue weighted by atomic mass is 9.89. The van der Waals surface area contributed by atoms with E-state index < -0.39 is 5.60 Å². The number of nitrogens with one attached hydrogen (secondary N) is 1. The zero-order chi connectivity index (χ0) is 16.2. The number of likely N-dealkylation sites (N-methyl/N-ethyl adjacent to an activating group) is 1. The summed E-state index contributed by atoms with van der Waals surface area (Å²) in [5.41, 5.74) is 0.00312. The van der Waals surface area contributed by atoms with Crippen LogP contribution in [0.2, 0.25) is 0 Å². The highest BCUT2D eigenvalue weighted by Crippen LogP contribution is 2.27. The van der Waals surface area contributed by atoms with Gasteiger partial charge in [-0.05, 0) is 25.3 Å². The van der Waals surface area contributed by atoms with Crippen molar-refractivity contribution in [2.24, 2.45) is 5.92 Å². The summed E-state index contributed by atoms with van der Waals surface area (Å²) in [4.78, 5) is 13.9. The quantitative estimate of drug-likeness (QED) is 0.845. The van der Waals surface area contributed by atoms with Crippen molar-refractivity contribution < 1.29 is 9.90 Å². The van der Waals surface area contributed by atoms with Crippen molar-refractivity contribution in [3.05, 3.63) is 35.9 Å². The summed E-state index contributed by atoms with van der Waals surface area (Å²) in [6.07, 6.45) is 0. The van der Waals surface area contributed by atoms with E-state index in [9.17, 15) is 9.90 Å². The zero-order valence-corrected chi connectivity index (χ0v) is 13.9. The van der Waals surface area contributed by atoms with Gasteiger partial charge in [0, 0.05) is 14.1 Å². The molecule has 0 fully saturated rings. The fourth-order valence-electron chi connectivity index (χ4n) is 2.36. The molecule has 118 valence electrons. The number of nitrogens with zero attached hydrogens (tertiary/aromatic N) is 1. The second kappa shape index (κ2) is 7.05. The highest BCUT2D eigenvalue weighted by molar-refractivity contribution is 5.81. The Bertz CT molecular complexity index is 450. The number of rotatable bonds is 6. The van der Waals surface area contributed by atoms with Crippen molar-refractivity contribution in [2.75, 3.05) is 14.1 Å². The van der Waals surface area contributed by atoms with Gasteiger partial charge in [-0.15, -0.1) is 0 Å². The van der Waals surface area contributed by atoms with Gasteiger partial charge in [0.2, 0.25) is 5.91 Å². The number of carbonyl (C=O) groups excluding carboxylic acids is 1. The molecule has 0 radical (unpaired) electrons. The average Bonchev–Trinajstić information content (AvgIpc) is 2.37. The topological polar surface area (TPSA) is 52.6 Å². The molecule has 2 N–H and O–H groups in total. The van der Waals surface area contributed by atoms with E-state index in [2.05, 4.69) is 5.32 Å². The van der Waals surface area contributed by atoms with Crippen molar-refractivity contribution in [1.82, 2.24) is 10.2 Å². The van der Waals surface area contributed by atoms with E-state index in [0.717, 1.165) is 5.56 Å². The third-order valence-corrected chi connectivity index (χ3v) is 3.56. The maximum Gasteiger partial charge on any atom is 0.239 e. The molecule has 4 nitrogen and oxygen atoms in total. The Morgan fingerprint density at radius 1 is 1.19 bits per heavy atom. The molecular weight excluding hydrogens is 264 g/mol. The van der Waals surface area contributed by atoms with Crippen molar-refractivity contribution in [2.45, 2.75) is 45.4 Å². The monoisotopic (exact) mass is 292 g/mol. The van der Waals surface area contributed by atoms with Crippen molar-refractivity contribution in [1.29, 1.82) is 0 Å². The number of aliphatic hydroxyl groups is 1. The molecule has 0 saturated carbocycles. The van der Waals surface area contributed by atoms with Crippen LogP contribution in [0, 0.1) is 5.92 Å². The Balaban J connectivity index is 3.08. The van der Waals surface area contributed by atoms with E-state index in [4.69, 9.17) is 0 Å². The van der Waals surface area contributed by atoms with Gasteiger partial charge in [-0.3, -0.25) is 10.1 Å². The number of amides is 1. The Morgan fingerprint density at radius 2 is 1.71 bits per heavy atom. The molecule has 0 heterocycles. The highest BCUT2D eigenvalue weighted by Gasteiger charge is 2.34. The standard InChI is InChI=1S/C17H28N2O2/c1-12(2)14(16(20)19(5)6)18-15(17(3,4)21)13-10-8-7-9-11-13/h7-12,14-15,18,21H,1-6H3/t14-,15+/m0/s1. The Kier molecular flexibility index (Phi) is 5.93. The normalized spacial score (nSPS) is 14.9. The zero-order valence-electron chi connectivity index (χ0n) is 13.9. The summed E-state index contributed by atoms with van der Waals surface area (Å²) in [5.74, 6) is 0.156. The summed E-state index contributed by atoms with van der Waals surface area (Å²) in [7, 11) is 3.50. The lowest BCUT2D eigenvalue weighted by molar-refractivity contribution is -0.132. The summed E-state index contributed by atoms with van der Waals surface area (Å²) < 4.78 is 0. The minimum absolute atomic E-state index is 0.0233. The average molecular weight is 292 g/mol. The molecular formula is C17H28N2O2. The Morgan fingerprint density at radius 3 is 2.10 bits per heavy atom. The van der Waals surface area contributed by atoms with E-state index in [1.54, 1.807) is 32.8 Å². The smallest absolute Gasteiger partial charge is 0.239 e. The van der Waals surface area contributed by atoms with Gasteiger partial charge in [-0.1, -0.05) is 44.2 Å². The molecule has 2 atom stereocenters. The van der Waals surface area contributed by atoms with Crippen LogP contribution in [0.1, 0.15) is 39.3 Å². The van der Waals surface area contributed by atoms with Crippen LogP contribution in [0.15, 0.2) is 30.3 Å². The molecule has 0 spiro atoms. The molecule has 1 rings (SSSR count). The van der Waals surface area contributed by atoms with Crippen LogP contribution in [0.5, 0.6) is 0 Å². The van der Waals surface area contributed by atoms with Gasteiger partial charge in [0.15, 0.2) is 0 Å². The van der Waals surface area contributed by atoms with Crippen molar-refractivity contribution in [3.63, 3.8) is 0 Å². The number of hydrogen-bond acceptors (Lipinski definition) is 3. The maximum absolute atomic E-state index is 12.4. The van der Waals surface area contributed by atoms with Crippen LogP contribution in [0.4, 0.5) is 0 Å². The number of carbonyl (C=O) groups is 1. The Hall–Kier alpha value is -1.39. The fourth-order valence-corrected chi connectivity index (χ4v) is 2.36. The van der Waals surface area contributed by atoms with Crippen LogP contribution < -0.4 is 5.32 Å². The van der Waals surface area contributed by atoms with Crippen LogP contribution in [0.3, 0.4) is 0 Å². The fraction of sp³-hybridized carbons (Fsp3) is 0.588. The third kappa shape index (κ3) is 4.83. The van der Waals surface area contributed by atoms with Crippen LogP contribution >= 0.6 is 0 Å². The van der Waals surface area contributed by atoms with Crippen LogP contribution in [-0.4, -0.2) is 41.7 Å². The molecule has 4 heteroatoms. The molecule has 0 saturated heterocycles. The highest BCUT2D eigenvalue weighted by atomic mass is 16.3. The SMILES string of the molecule is CC(C)[C@H](N[C@H](c1ccccc1)C(C)(C)O)C(=O)N(C)C. The van der Waals surface area contributed by atoms with E-state index in [1.807, 2.05) is 44.2 Å². The van der Waals surface area contributed by atoms with Gasteiger partial charge in [-0.2, -0.15) is 0 Å². The lowest BCUT2D eigenvalue weighted by Crippen LogP contribution is -2.52. The molecule has 0 bridgehead atoms. The number of benzene rings is 1. The van der Waals surface area contributed by atoms with Gasteiger partial charge in [-0.25, -0.2) is 0 Å². The first-order valence-electron chi connectivity index (χ1n) is 7.39. The van der Waals surface area contributed by atoms with Crippen molar-refractivity contribution >= 4 is 5.91 Å². The summed E-state index contributed by atoms with van der Waals surface area (Å²) >= 11 is 0. The lowest BCUT2D eigenvalue weighted by Gasteiger charge is -2.36. The van der Waals surface area contributed by atoms with E-state index in [0.29, 0.717) is 0 Å². The molecule has 21 heavy (non-hydrogen) atoms. The van der Waals surface area contributed by atoms with Gasteiger partial charge in [0.25, 0.3) is 0 Å². The van der Waals surface area contributed by atoms with Crippen molar-refractivity contribution in [3.8, 4) is 0 Å². The molecule has 1 aromatic rings. The first kappa shape index (κ1) is 17.7. The van der Waals surface area contributed by atoms with E-state index in [1.165, 1.54) is 0 Å².